The molecule has 168 valence electrons. The molecule has 1 saturated heterocycles. The van der Waals surface area contributed by atoms with Gasteiger partial charge >= 0.3 is 0 Å². The molecule has 32 heavy (non-hydrogen) atoms. The molecule has 2 heterocycles. The molecule has 0 amide bonds. The van der Waals surface area contributed by atoms with E-state index < -0.39 is 5.79 Å². The van der Waals surface area contributed by atoms with Crippen molar-refractivity contribution in [3.63, 3.8) is 0 Å². The third-order valence-corrected chi connectivity index (χ3v) is 4.98. The maximum atomic E-state index is 6.02. The van der Waals surface area contributed by atoms with Gasteiger partial charge in [-0.3, -0.25) is 0 Å². The highest BCUT2D eigenvalue weighted by molar-refractivity contribution is 5.58. The van der Waals surface area contributed by atoms with E-state index in [4.69, 9.17) is 24.8 Å². The molecular formula is C22H26N6O4. The first-order valence-electron chi connectivity index (χ1n) is 10.1. The summed E-state index contributed by atoms with van der Waals surface area (Å²) in [6, 6.07) is 16.9. The predicted octanol–water partition coefficient (Wildman–Crippen LogP) is 2.83. The standard InChI is InChI=1S/C22H26N6O4/c1-29-17-9-8-15(12-18(17)30-2)22(31-10-11-32-22)14-24-19-13-20(28-23)27-21(26-19)25-16-6-4-3-5-7-16/h3-9,12-13H,10-11,14,23H2,1-2H3,(H3,24,25,26,27,28). The highest BCUT2D eigenvalue weighted by Gasteiger charge is 2.39. The minimum atomic E-state index is -1.01. The summed E-state index contributed by atoms with van der Waals surface area (Å²) >= 11 is 0. The summed E-state index contributed by atoms with van der Waals surface area (Å²) in [5.41, 5.74) is 4.22. The minimum absolute atomic E-state index is 0.300. The number of rotatable bonds is 9. The maximum Gasteiger partial charge on any atom is 0.231 e. The average molecular weight is 438 g/mol. The molecule has 3 aromatic rings. The molecule has 10 nitrogen and oxygen atoms in total. The molecule has 0 unspecified atom stereocenters. The number of ether oxygens (including phenoxy) is 4. The molecule has 1 aromatic heterocycles. The molecule has 2 aromatic carbocycles. The van der Waals surface area contributed by atoms with Crippen LogP contribution >= 0.6 is 0 Å². The number of nitrogens with one attached hydrogen (secondary N) is 3. The van der Waals surface area contributed by atoms with Gasteiger partial charge in [-0.15, -0.1) is 0 Å². The van der Waals surface area contributed by atoms with Gasteiger partial charge in [0.15, 0.2) is 11.5 Å². The average Bonchev–Trinajstić information content (AvgIpc) is 3.33. The van der Waals surface area contributed by atoms with Crippen molar-refractivity contribution < 1.29 is 18.9 Å². The fraction of sp³-hybridized carbons (Fsp3) is 0.273. The van der Waals surface area contributed by atoms with Gasteiger partial charge < -0.3 is 35.0 Å². The van der Waals surface area contributed by atoms with Crippen LogP contribution in [-0.4, -0.2) is 43.9 Å². The summed E-state index contributed by atoms with van der Waals surface area (Å²) in [6.45, 7) is 1.24. The lowest BCUT2D eigenvalue weighted by Gasteiger charge is -2.29. The third kappa shape index (κ3) is 4.67. The van der Waals surface area contributed by atoms with E-state index in [9.17, 15) is 0 Å². The van der Waals surface area contributed by atoms with Crippen LogP contribution in [0.25, 0.3) is 0 Å². The van der Waals surface area contributed by atoms with Crippen LogP contribution in [-0.2, 0) is 15.3 Å². The molecule has 5 N–H and O–H groups in total. The number of benzene rings is 2. The molecule has 0 aliphatic carbocycles. The molecule has 1 aliphatic heterocycles. The largest absolute Gasteiger partial charge is 0.493 e. The monoisotopic (exact) mass is 438 g/mol. The number of nitrogens with zero attached hydrogens (tertiary/aromatic N) is 2. The van der Waals surface area contributed by atoms with E-state index >= 15 is 0 Å². The van der Waals surface area contributed by atoms with Crippen LogP contribution in [0.2, 0.25) is 0 Å². The van der Waals surface area contributed by atoms with Gasteiger partial charge in [0, 0.05) is 17.3 Å². The number of hydrogen-bond donors (Lipinski definition) is 4. The van der Waals surface area contributed by atoms with Crippen LogP contribution < -0.4 is 31.4 Å². The van der Waals surface area contributed by atoms with E-state index in [2.05, 4.69) is 26.0 Å². The molecule has 0 radical (unpaired) electrons. The Morgan fingerprint density at radius 1 is 0.938 bits per heavy atom. The van der Waals surface area contributed by atoms with Gasteiger partial charge in [0.25, 0.3) is 0 Å². The lowest BCUT2D eigenvalue weighted by atomic mass is 10.0. The Hall–Kier alpha value is -3.60. The number of para-hydroxylation sites is 1. The molecule has 4 rings (SSSR count). The van der Waals surface area contributed by atoms with E-state index in [1.165, 1.54) is 0 Å². The third-order valence-electron chi connectivity index (χ3n) is 4.98. The van der Waals surface area contributed by atoms with Crippen LogP contribution in [0.4, 0.5) is 23.3 Å². The van der Waals surface area contributed by atoms with Gasteiger partial charge in [-0.25, -0.2) is 5.84 Å². The van der Waals surface area contributed by atoms with E-state index in [0.717, 1.165) is 11.3 Å². The molecule has 1 fully saturated rings. The van der Waals surface area contributed by atoms with Crippen molar-refractivity contribution in [3.05, 3.63) is 60.2 Å². The summed E-state index contributed by atoms with van der Waals surface area (Å²) in [7, 11) is 3.18. The van der Waals surface area contributed by atoms with Crippen molar-refractivity contribution >= 4 is 23.3 Å². The Morgan fingerprint density at radius 2 is 1.66 bits per heavy atom. The summed E-state index contributed by atoms with van der Waals surface area (Å²) in [4.78, 5) is 8.89. The highest BCUT2D eigenvalue weighted by atomic mass is 16.7. The van der Waals surface area contributed by atoms with Crippen molar-refractivity contribution in [1.29, 1.82) is 0 Å². The first kappa shape index (κ1) is 21.6. The fourth-order valence-electron chi connectivity index (χ4n) is 3.42. The van der Waals surface area contributed by atoms with Gasteiger partial charge in [-0.05, 0) is 30.3 Å². The first-order chi connectivity index (χ1) is 15.7. The zero-order chi connectivity index (χ0) is 22.4. The normalized spacial score (nSPS) is 14.6. The Balaban J connectivity index is 1.57. The molecular weight excluding hydrogens is 412 g/mol. The lowest BCUT2D eigenvalue weighted by molar-refractivity contribution is -0.154. The fourth-order valence-corrected chi connectivity index (χ4v) is 3.42. The van der Waals surface area contributed by atoms with Crippen molar-refractivity contribution in [3.8, 4) is 11.5 Å². The van der Waals surface area contributed by atoms with Crippen molar-refractivity contribution in [2.24, 2.45) is 5.84 Å². The van der Waals surface area contributed by atoms with E-state index in [1.54, 1.807) is 20.3 Å². The lowest BCUT2D eigenvalue weighted by Crippen LogP contribution is -2.35. The van der Waals surface area contributed by atoms with Crippen LogP contribution in [0.5, 0.6) is 11.5 Å². The second-order valence-electron chi connectivity index (χ2n) is 6.97. The van der Waals surface area contributed by atoms with Crippen molar-refractivity contribution in [2.45, 2.75) is 5.79 Å². The Bertz CT molecular complexity index is 1040. The molecule has 0 spiro atoms. The smallest absolute Gasteiger partial charge is 0.231 e. The van der Waals surface area contributed by atoms with E-state index in [1.807, 2.05) is 48.5 Å². The van der Waals surface area contributed by atoms with Crippen LogP contribution in [0.3, 0.4) is 0 Å². The van der Waals surface area contributed by atoms with Crippen molar-refractivity contribution in [1.82, 2.24) is 9.97 Å². The summed E-state index contributed by atoms with van der Waals surface area (Å²) in [6.07, 6.45) is 0. The first-order valence-corrected chi connectivity index (χ1v) is 10.1. The number of methoxy groups -OCH3 is 2. The number of anilines is 4. The number of hydrazine groups is 1. The van der Waals surface area contributed by atoms with E-state index in [0.29, 0.717) is 48.8 Å². The van der Waals surface area contributed by atoms with Crippen LogP contribution in [0.1, 0.15) is 5.56 Å². The molecule has 10 heteroatoms. The van der Waals surface area contributed by atoms with Gasteiger partial charge in [-0.1, -0.05) is 18.2 Å². The molecule has 0 bridgehead atoms. The molecule has 1 aliphatic rings. The highest BCUT2D eigenvalue weighted by Crippen LogP contribution is 2.37. The number of aromatic nitrogens is 2. The zero-order valence-electron chi connectivity index (χ0n) is 17.9. The number of nitrogens with two attached hydrogens (primary N) is 1. The van der Waals surface area contributed by atoms with Gasteiger partial charge in [0.1, 0.15) is 11.6 Å². The Kier molecular flexibility index (Phi) is 6.55. The summed E-state index contributed by atoms with van der Waals surface area (Å²) in [5, 5.41) is 6.45. The predicted molar refractivity (Wildman–Crippen MR) is 121 cm³/mol. The van der Waals surface area contributed by atoms with Crippen LogP contribution in [0.15, 0.2) is 54.6 Å². The van der Waals surface area contributed by atoms with Crippen LogP contribution in [0, 0.1) is 0 Å². The van der Waals surface area contributed by atoms with Gasteiger partial charge in [0.2, 0.25) is 11.7 Å². The quantitative estimate of drug-likeness (QED) is 0.293. The van der Waals surface area contributed by atoms with Gasteiger partial charge in [0.05, 0.1) is 34.0 Å². The summed E-state index contributed by atoms with van der Waals surface area (Å²) in [5.74, 6) is 7.21. The second kappa shape index (κ2) is 9.69. The topological polar surface area (TPSA) is 125 Å². The maximum absolute atomic E-state index is 6.02. The number of nitrogen functional groups attached to an aromatic ring is 1. The Labute approximate surface area is 186 Å². The summed E-state index contributed by atoms with van der Waals surface area (Å²) < 4.78 is 22.8. The van der Waals surface area contributed by atoms with E-state index in [-0.39, 0.29) is 0 Å². The Morgan fingerprint density at radius 3 is 2.34 bits per heavy atom. The minimum Gasteiger partial charge on any atom is -0.493 e. The molecule has 0 saturated carbocycles. The van der Waals surface area contributed by atoms with Gasteiger partial charge in [-0.2, -0.15) is 9.97 Å². The second-order valence-corrected chi connectivity index (χ2v) is 6.97. The zero-order valence-corrected chi connectivity index (χ0v) is 17.9. The number of hydrogen-bond acceptors (Lipinski definition) is 10. The molecule has 0 atom stereocenters. The SMILES string of the molecule is COc1ccc(C2(CNc3cc(NN)nc(Nc4ccccc4)n3)OCCO2)cc1OC. The van der Waals surface area contributed by atoms with Crippen molar-refractivity contribution in [2.75, 3.05) is 50.0 Å².